The highest BCUT2D eigenvalue weighted by Crippen LogP contribution is 2.22. The first kappa shape index (κ1) is 17.0. The Hall–Kier alpha value is -2.41. The second kappa shape index (κ2) is 7.23. The molecule has 0 fully saturated rings. The van der Waals surface area contributed by atoms with Crippen molar-refractivity contribution in [1.29, 1.82) is 0 Å². The topological polar surface area (TPSA) is 80.1 Å². The molecular formula is C15H18ClN5O2. The predicted molar refractivity (Wildman–Crippen MR) is 86.0 cm³/mol. The number of carbonyl (C=O) groups is 2. The molecule has 0 aliphatic heterocycles. The fraction of sp³-hybridized carbons (Fsp3) is 0.333. The summed E-state index contributed by atoms with van der Waals surface area (Å²) < 4.78 is 1.33. The Morgan fingerprint density at radius 1 is 1.35 bits per heavy atom. The van der Waals surface area contributed by atoms with Crippen LogP contribution in [-0.2, 0) is 11.3 Å². The summed E-state index contributed by atoms with van der Waals surface area (Å²) in [5.74, 6) is -0.507. The van der Waals surface area contributed by atoms with Crippen LogP contribution >= 0.6 is 11.6 Å². The SMILES string of the molecule is CC(NC(=O)c1cn(CC(=O)N(C)C)nn1)c1ccccc1Cl. The number of halogens is 1. The molecule has 1 aromatic heterocycles. The molecule has 23 heavy (non-hydrogen) atoms. The van der Waals surface area contributed by atoms with E-state index in [2.05, 4.69) is 15.6 Å². The number of carbonyl (C=O) groups excluding carboxylic acids is 2. The number of hydrogen-bond donors (Lipinski definition) is 1. The van der Waals surface area contributed by atoms with Gasteiger partial charge < -0.3 is 10.2 Å². The molecule has 2 aromatic rings. The smallest absolute Gasteiger partial charge is 0.273 e. The number of nitrogens with zero attached hydrogens (tertiary/aromatic N) is 4. The average Bonchev–Trinajstić information content (AvgIpc) is 2.96. The molecule has 0 saturated heterocycles. The highest BCUT2D eigenvalue weighted by atomic mass is 35.5. The van der Waals surface area contributed by atoms with Crippen LogP contribution in [0.3, 0.4) is 0 Å². The minimum Gasteiger partial charge on any atom is -0.347 e. The third-order valence-electron chi connectivity index (χ3n) is 3.29. The number of rotatable bonds is 5. The van der Waals surface area contributed by atoms with Crippen LogP contribution in [0.2, 0.25) is 5.02 Å². The van der Waals surface area contributed by atoms with E-state index in [-0.39, 0.29) is 30.1 Å². The molecule has 0 aliphatic carbocycles. The lowest BCUT2D eigenvalue weighted by molar-refractivity contribution is -0.129. The Kier molecular flexibility index (Phi) is 5.33. The van der Waals surface area contributed by atoms with Crippen molar-refractivity contribution in [2.24, 2.45) is 0 Å². The van der Waals surface area contributed by atoms with E-state index in [4.69, 9.17) is 11.6 Å². The second-order valence-corrected chi connectivity index (χ2v) is 5.71. The van der Waals surface area contributed by atoms with E-state index in [1.165, 1.54) is 15.8 Å². The number of benzene rings is 1. The third-order valence-corrected chi connectivity index (χ3v) is 3.63. The minimum atomic E-state index is -0.374. The first-order valence-corrected chi connectivity index (χ1v) is 7.42. The maximum Gasteiger partial charge on any atom is 0.273 e. The molecular weight excluding hydrogens is 318 g/mol. The van der Waals surface area contributed by atoms with Crippen molar-refractivity contribution in [2.45, 2.75) is 19.5 Å². The molecule has 2 rings (SSSR count). The molecule has 2 amide bonds. The van der Waals surface area contributed by atoms with Gasteiger partial charge in [0.1, 0.15) is 6.54 Å². The van der Waals surface area contributed by atoms with Crippen LogP contribution in [0.15, 0.2) is 30.5 Å². The van der Waals surface area contributed by atoms with Crippen LogP contribution < -0.4 is 5.32 Å². The maximum atomic E-state index is 12.2. The van der Waals surface area contributed by atoms with E-state index in [1.54, 1.807) is 20.2 Å². The summed E-state index contributed by atoms with van der Waals surface area (Å²) in [4.78, 5) is 25.3. The van der Waals surface area contributed by atoms with Gasteiger partial charge in [-0.05, 0) is 18.6 Å². The highest BCUT2D eigenvalue weighted by Gasteiger charge is 2.17. The van der Waals surface area contributed by atoms with E-state index in [9.17, 15) is 9.59 Å². The summed E-state index contributed by atoms with van der Waals surface area (Å²) in [7, 11) is 3.30. The van der Waals surface area contributed by atoms with Gasteiger partial charge in [-0.15, -0.1) is 5.10 Å². The molecule has 1 unspecified atom stereocenters. The lowest BCUT2D eigenvalue weighted by Crippen LogP contribution is -2.27. The Morgan fingerprint density at radius 3 is 2.70 bits per heavy atom. The van der Waals surface area contributed by atoms with Crippen LogP contribution in [0.5, 0.6) is 0 Å². The molecule has 122 valence electrons. The molecule has 0 aliphatic rings. The molecule has 1 aromatic carbocycles. The molecule has 1 atom stereocenters. The van der Waals surface area contributed by atoms with Gasteiger partial charge in [0.2, 0.25) is 5.91 Å². The van der Waals surface area contributed by atoms with E-state index < -0.39 is 0 Å². The van der Waals surface area contributed by atoms with Crippen molar-refractivity contribution >= 4 is 23.4 Å². The third kappa shape index (κ3) is 4.29. The van der Waals surface area contributed by atoms with Gasteiger partial charge in [0.25, 0.3) is 5.91 Å². The van der Waals surface area contributed by atoms with Crippen LogP contribution in [0.25, 0.3) is 0 Å². The highest BCUT2D eigenvalue weighted by molar-refractivity contribution is 6.31. The van der Waals surface area contributed by atoms with Crippen molar-refractivity contribution in [3.05, 3.63) is 46.7 Å². The standard InChI is InChI=1S/C15H18ClN5O2/c1-10(11-6-4-5-7-12(11)16)17-15(23)13-8-21(19-18-13)9-14(22)20(2)3/h4-8,10H,9H2,1-3H3,(H,17,23). The van der Waals surface area contributed by atoms with Crippen molar-refractivity contribution in [3.8, 4) is 0 Å². The molecule has 0 bridgehead atoms. The predicted octanol–water partition coefficient (Wildman–Crippen LogP) is 1.51. The zero-order valence-electron chi connectivity index (χ0n) is 13.2. The quantitative estimate of drug-likeness (QED) is 0.898. The molecule has 1 N–H and O–H groups in total. The first-order valence-electron chi connectivity index (χ1n) is 7.04. The molecule has 7 nitrogen and oxygen atoms in total. The van der Waals surface area contributed by atoms with Crippen molar-refractivity contribution < 1.29 is 9.59 Å². The van der Waals surface area contributed by atoms with Gasteiger partial charge in [0.05, 0.1) is 12.2 Å². The molecule has 8 heteroatoms. The van der Waals surface area contributed by atoms with Gasteiger partial charge in [-0.3, -0.25) is 9.59 Å². The van der Waals surface area contributed by atoms with Gasteiger partial charge in [-0.2, -0.15) is 0 Å². The lowest BCUT2D eigenvalue weighted by atomic mass is 10.1. The average molecular weight is 336 g/mol. The van der Waals surface area contributed by atoms with Crippen LogP contribution in [0.4, 0.5) is 0 Å². The maximum absolute atomic E-state index is 12.2. The minimum absolute atomic E-state index is 0.0351. The van der Waals surface area contributed by atoms with Gasteiger partial charge in [0, 0.05) is 19.1 Å². The second-order valence-electron chi connectivity index (χ2n) is 5.31. The Balaban J connectivity index is 2.03. The van der Waals surface area contributed by atoms with E-state index in [0.717, 1.165) is 5.56 Å². The molecule has 0 saturated carbocycles. The molecule has 1 heterocycles. The largest absolute Gasteiger partial charge is 0.347 e. The summed E-state index contributed by atoms with van der Waals surface area (Å²) in [6.07, 6.45) is 1.44. The Bertz CT molecular complexity index is 713. The van der Waals surface area contributed by atoms with E-state index in [1.807, 2.05) is 25.1 Å². The summed E-state index contributed by atoms with van der Waals surface area (Å²) in [5.41, 5.74) is 0.966. The summed E-state index contributed by atoms with van der Waals surface area (Å²) in [6.45, 7) is 1.87. The monoisotopic (exact) mass is 335 g/mol. The number of amides is 2. The number of likely N-dealkylation sites (N-methyl/N-ethyl adjacent to an activating group) is 1. The fourth-order valence-electron chi connectivity index (χ4n) is 1.93. The fourth-order valence-corrected chi connectivity index (χ4v) is 2.23. The van der Waals surface area contributed by atoms with Crippen molar-refractivity contribution in [2.75, 3.05) is 14.1 Å². The number of hydrogen-bond acceptors (Lipinski definition) is 4. The summed E-state index contributed by atoms with van der Waals surface area (Å²) in [6, 6.07) is 7.02. The van der Waals surface area contributed by atoms with E-state index >= 15 is 0 Å². The van der Waals surface area contributed by atoms with E-state index in [0.29, 0.717) is 5.02 Å². The van der Waals surface area contributed by atoms with Crippen molar-refractivity contribution in [1.82, 2.24) is 25.2 Å². The van der Waals surface area contributed by atoms with Gasteiger partial charge >= 0.3 is 0 Å². The summed E-state index contributed by atoms with van der Waals surface area (Å²) in [5, 5.41) is 11.0. The zero-order valence-corrected chi connectivity index (χ0v) is 13.9. The molecule has 0 spiro atoms. The lowest BCUT2D eigenvalue weighted by Gasteiger charge is -2.14. The van der Waals surface area contributed by atoms with Crippen molar-refractivity contribution in [3.63, 3.8) is 0 Å². The van der Waals surface area contributed by atoms with Crippen LogP contribution in [-0.4, -0.2) is 45.8 Å². The normalized spacial score (nSPS) is 11.8. The zero-order chi connectivity index (χ0) is 17.0. The Labute approximate surface area is 139 Å². The molecule has 0 radical (unpaired) electrons. The number of nitrogens with one attached hydrogen (secondary N) is 1. The van der Waals surface area contributed by atoms with Crippen LogP contribution in [0.1, 0.15) is 29.0 Å². The van der Waals surface area contributed by atoms with Crippen LogP contribution in [0, 0.1) is 0 Å². The first-order chi connectivity index (χ1) is 10.9. The summed E-state index contributed by atoms with van der Waals surface area (Å²) >= 11 is 6.11. The van der Waals surface area contributed by atoms with Gasteiger partial charge in [0.15, 0.2) is 5.69 Å². The van der Waals surface area contributed by atoms with Gasteiger partial charge in [-0.1, -0.05) is 35.0 Å². The Morgan fingerprint density at radius 2 is 2.04 bits per heavy atom. The van der Waals surface area contributed by atoms with Gasteiger partial charge in [-0.25, -0.2) is 4.68 Å². The number of aromatic nitrogens is 3.